The van der Waals surface area contributed by atoms with Crippen molar-refractivity contribution >= 4 is 17.4 Å². The monoisotopic (exact) mass is 458 g/mol. The van der Waals surface area contributed by atoms with Crippen LogP contribution >= 0.6 is 0 Å². The van der Waals surface area contributed by atoms with E-state index in [-0.39, 0.29) is 29.0 Å². The summed E-state index contributed by atoms with van der Waals surface area (Å²) in [6.07, 6.45) is 0. The van der Waals surface area contributed by atoms with E-state index in [2.05, 4.69) is 4.90 Å². The van der Waals surface area contributed by atoms with E-state index in [1.54, 1.807) is 6.07 Å². The predicted molar refractivity (Wildman–Crippen MR) is 116 cm³/mol. The molecule has 33 heavy (non-hydrogen) atoms. The summed E-state index contributed by atoms with van der Waals surface area (Å²) in [7, 11) is 1.33. The Balaban J connectivity index is 1.80. The maximum Gasteiger partial charge on any atom is 0.295 e. The summed E-state index contributed by atoms with van der Waals surface area (Å²) in [5.74, 6) is -3.62. The third kappa shape index (κ3) is 4.46. The number of morpholine rings is 1. The fraction of sp³-hybridized carbons (Fsp3) is 0.333. The number of rotatable bonds is 6. The fourth-order valence-electron chi connectivity index (χ4n) is 4.22. The average molecular weight is 458 g/mol. The van der Waals surface area contributed by atoms with E-state index in [0.717, 1.165) is 12.1 Å². The van der Waals surface area contributed by atoms with Gasteiger partial charge in [-0.05, 0) is 24.3 Å². The zero-order valence-electron chi connectivity index (χ0n) is 18.1. The molecule has 1 N–H and O–H groups in total. The third-order valence-electron chi connectivity index (χ3n) is 5.92. The first-order chi connectivity index (χ1) is 15.9. The summed E-state index contributed by atoms with van der Waals surface area (Å²) >= 11 is 0. The Morgan fingerprint density at radius 1 is 1.12 bits per heavy atom. The standard InChI is InChI=1S/C24H24F2N2O5/c1-32-19-7-6-15(25)14-17(19)22(29)20-21(16-4-2-3-5-18(16)26)28(24(31)23(20)30)9-8-27-10-12-33-13-11-27/h2-7,14,21,29H,8-13H2,1H3/b22-20+/t21-/m1/s1. The number of hydrogen-bond donors (Lipinski definition) is 1. The van der Waals surface area contributed by atoms with E-state index < -0.39 is 35.1 Å². The Morgan fingerprint density at radius 2 is 1.85 bits per heavy atom. The van der Waals surface area contributed by atoms with E-state index in [9.17, 15) is 23.5 Å². The first-order valence-electron chi connectivity index (χ1n) is 10.6. The molecule has 2 aromatic carbocycles. The van der Waals surface area contributed by atoms with Gasteiger partial charge in [0.15, 0.2) is 0 Å². The van der Waals surface area contributed by atoms with Crippen molar-refractivity contribution in [3.63, 3.8) is 0 Å². The SMILES string of the molecule is COc1ccc(F)cc1/C(O)=C1\C(=O)C(=O)N(CCN2CCOCC2)[C@@H]1c1ccccc1F. The van der Waals surface area contributed by atoms with Gasteiger partial charge >= 0.3 is 0 Å². The summed E-state index contributed by atoms with van der Waals surface area (Å²) in [4.78, 5) is 29.4. The number of aliphatic hydroxyl groups is 1. The lowest BCUT2D eigenvalue weighted by Crippen LogP contribution is -2.42. The van der Waals surface area contributed by atoms with E-state index >= 15 is 0 Å². The zero-order chi connectivity index (χ0) is 23.5. The number of nitrogens with zero attached hydrogens (tertiary/aromatic N) is 2. The Morgan fingerprint density at radius 3 is 2.55 bits per heavy atom. The molecule has 2 aliphatic rings. The number of Topliss-reactive ketones (excluding diaryl/α,β-unsaturated/α-hetero) is 1. The van der Waals surface area contributed by atoms with E-state index in [4.69, 9.17) is 9.47 Å². The fourth-order valence-corrected chi connectivity index (χ4v) is 4.22. The van der Waals surface area contributed by atoms with Crippen LogP contribution in [-0.2, 0) is 14.3 Å². The van der Waals surface area contributed by atoms with Gasteiger partial charge in [0.2, 0.25) is 0 Å². The predicted octanol–water partition coefficient (Wildman–Crippen LogP) is 2.73. The van der Waals surface area contributed by atoms with Crippen molar-refractivity contribution in [2.24, 2.45) is 0 Å². The van der Waals surface area contributed by atoms with Gasteiger partial charge in [0.1, 0.15) is 23.1 Å². The van der Waals surface area contributed by atoms with E-state index in [0.29, 0.717) is 32.8 Å². The summed E-state index contributed by atoms with van der Waals surface area (Å²) in [6.45, 7) is 3.07. The molecule has 0 radical (unpaired) electrons. The van der Waals surface area contributed by atoms with Gasteiger partial charge in [-0.15, -0.1) is 0 Å². The molecule has 4 rings (SSSR count). The molecule has 0 unspecified atom stereocenters. The molecule has 7 nitrogen and oxygen atoms in total. The summed E-state index contributed by atoms with van der Waals surface area (Å²) in [5.41, 5.74) is -0.336. The molecule has 1 atom stereocenters. The number of aliphatic hydroxyl groups excluding tert-OH is 1. The van der Waals surface area contributed by atoms with Crippen molar-refractivity contribution in [3.05, 3.63) is 70.8 Å². The Bertz CT molecular complexity index is 1100. The maximum absolute atomic E-state index is 14.8. The lowest BCUT2D eigenvalue weighted by molar-refractivity contribution is -0.140. The minimum atomic E-state index is -1.17. The second-order valence-corrected chi connectivity index (χ2v) is 7.81. The summed E-state index contributed by atoms with van der Waals surface area (Å²) in [6, 6.07) is 8.05. The number of amides is 1. The summed E-state index contributed by atoms with van der Waals surface area (Å²) in [5, 5.41) is 11.1. The lowest BCUT2D eigenvalue weighted by atomic mass is 9.94. The van der Waals surface area contributed by atoms with Gasteiger partial charge in [-0.1, -0.05) is 18.2 Å². The Kier molecular flexibility index (Phi) is 6.71. The average Bonchev–Trinajstić information content (AvgIpc) is 3.08. The van der Waals surface area contributed by atoms with E-state index in [1.807, 2.05) is 0 Å². The molecule has 0 spiro atoms. The van der Waals surface area contributed by atoms with Gasteiger partial charge < -0.3 is 19.5 Å². The number of hydrogen-bond acceptors (Lipinski definition) is 6. The van der Waals surface area contributed by atoms with Crippen LogP contribution in [0.25, 0.3) is 5.76 Å². The molecular weight excluding hydrogens is 434 g/mol. The van der Waals surface area contributed by atoms with Gasteiger partial charge in [-0.25, -0.2) is 8.78 Å². The normalized spacial score (nSPS) is 20.9. The van der Waals surface area contributed by atoms with Crippen LogP contribution < -0.4 is 4.74 Å². The van der Waals surface area contributed by atoms with Crippen LogP contribution in [0.2, 0.25) is 0 Å². The highest BCUT2D eigenvalue weighted by Gasteiger charge is 2.47. The van der Waals surface area contributed by atoms with Crippen LogP contribution in [0, 0.1) is 11.6 Å². The minimum Gasteiger partial charge on any atom is -0.507 e. The van der Waals surface area contributed by atoms with Gasteiger partial charge in [-0.2, -0.15) is 0 Å². The number of carbonyl (C=O) groups is 2. The van der Waals surface area contributed by atoms with Crippen LogP contribution in [0.5, 0.6) is 5.75 Å². The van der Waals surface area contributed by atoms with Crippen molar-refractivity contribution in [2.75, 3.05) is 46.5 Å². The molecule has 174 valence electrons. The highest BCUT2D eigenvalue weighted by atomic mass is 19.1. The molecule has 2 heterocycles. The largest absolute Gasteiger partial charge is 0.507 e. The topological polar surface area (TPSA) is 79.3 Å². The van der Waals surface area contributed by atoms with Crippen LogP contribution in [-0.4, -0.2) is 73.1 Å². The van der Waals surface area contributed by atoms with Crippen LogP contribution in [0.4, 0.5) is 8.78 Å². The van der Waals surface area contributed by atoms with Gasteiger partial charge in [-0.3, -0.25) is 14.5 Å². The van der Waals surface area contributed by atoms with Crippen LogP contribution in [0.3, 0.4) is 0 Å². The number of ketones is 1. The van der Waals surface area contributed by atoms with E-state index in [1.165, 1.54) is 36.3 Å². The Labute approximate surface area is 189 Å². The smallest absolute Gasteiger partial charge is 0.295 e. The van der Waals surface area contributed by atoms with Gasteiger partial charge in [0.25, 0.3) is 11.7 Å². The maximum atomic E-state index is 14.8. The second-order valence-electron chi connectivity index (χ2n) is 7.81. The van der Waals surface area contributed by atoms with Gasteiger partial charge in [0.05, 0.1) is 37.5 Å². The molecule has 0 bridgehead atoms. The molecule has 9 heteroatoms. The number of methoxy groups -OCH3 is 1. The zero-order valence-corrected chi connectivity index (χ0v) is 18.1. The molecule has 1 amide bonds. The van der Waals surface area contributed by atoms with Crippen LogP contribution in [0.15, 0.2) is 48.0 Å². The number of halogens is 2. The number of ether oxygens (including phenoxy) is 2. The first kappa shape index (κ1) is 22.9. The van der Waals surface area contributed by atoms with Crippen molar-refractivity contribution in [1.29, 1.82) is 0 Å². The molecule has 0 aliphatic carbocycles. The molecule has 2 aromatic rings. The van der Waals surface area contributed by atoms with Crippen LogP contribution in [0.1, 0.15) is 17.2 Å². The molecule has 0 saturated carbocycles. The Hall–Kier alpha value is -3.30. The third-order valence-corrected chi connectivity index (χ3v) is 5.92. The molecule has 2 fully saturated rings. The summed E-state index contributed by atoms with van der Waals surface area (Å²) < 4.78 is 39.3. The van der Waals surface area contributed by atoms with Crippen molar-refractivity contribution < 1.29 is 33.0 Å². The van der Waals surface area contributed by atoms with Crippen molar-refractivity contribution in [2.45, 2.75) is 6.04 Å². The first-order valence-corrected chi connectivity index (χ1v) is 10.6. The molecule has 2 saturated heterocycles. The minimum absolute atomic E-state index is 0.0654. The van der Waals surface area contributed by atoms with Crippen molar-refractivity contribution in [3.8, 4) is 5.75 Å². The molecule has 2 aliphatic heterocycles. The number of benzene rings is 2. The second kappa shape index (κ2) is 9.68. The van der Waals surface area contributed by atoms with Gasteiger partial charge in [0, 0.05) is 31.7 Å². The van der Waals surface area contributed by atoms with Crippen molar-refractivity contribution in [1.82, 2.24) is 9.80 Å². The quantitative estimate of drug-likeness (QED) is 0.408. The molecular formula is C24H24F2N2O5. The number of carbonyl (C=O) groups excluding carboxylic acids is 2. The highest BCUT2D eigenvalue weighted by molar-refractivity contribution is 6.46. The lowest BCUT2D eigenvalue weighted by Gasteiger charge is -2.31. The molecule has 0 aromatic heterocycles. The highest BCUT2D eigenvalue weighted by Crippen LogP contribution is 2.41. The number of likely N-dealkylation sites (tertiary alicyclic amines) is 1.